The van der Waals surface area contributed by atoms with Gasteiger partial charge in [-0.2, -0.15) is 12.1 Å². The van der Waals surface area contributed by atoms with Crippen LogP contribution in [0, 0.1) is 14.9 Å². The molecule has 2 radical (unpaired) electrons. The van der Waals surface area contributed by atoms with E-state index in [1.807, 2.05) is 36.4 Å². The van der Waals surface area contributed by atoms with Crippen LogP contribution in [0.4, 0.5) is 0 Å². The van der Waals surface area contributed by atoms with E-state index in [1.165, 1.54) is 67.1 Å². The standard InChI is InChI=1S/2C20H17O.2CH3.2ClH.Si.Zr/c2*1-13(2)16-10-14-7-5-8-17(18(14)11-16)20-12-15-6-3-4-9-19(15)21-20;;;;;;/h2*3-13H,1-2H3;2*1H3;2*1H;;/q4*-1;;;;. The molecule has 0 spiro atoms. The van der Waals surface area contributed by atoms with Gasteiger partial charge in [0.1, 0.15) is 22.7 Å². The first-order valence-corrected chi connectivity index (χ1v) is 19.2. The number of para-hydroxylation sites is 2. The zero-order chi connectivity index (χ0) is 30.8. The average Bonchev–Trinajstić information content (AvgIpc) is 3.85. The molecule has 0 atom stereocenters. The zero-order valence-corrected chi connectivity index (χ0v) is 33.4. The van der Waals surface area contributed by atoms with Crippen LogP contribution in [0.2, 0.25) is 0 Å². The van der Waals surface area contributed by atoms with Gasteiger partial charge in [-0.05, 0) is 47.2 Å². The van der Waals surface area contributed by atoms with Crippen molar-refractivity contribution >= 4 is 75.2 Å². The van der Waals surface area contributed by atoms with E-state index in [0.717, 1.165) is 33.5 Å². The molecule has 0 fully saturated rings. The molecule has 0 unspecified atom stereocenters. The molecule has 248 valence electrons. The van der Waals surface area contributed by atoms with Gasteiger partial charge in [0.05, 0.1) is 0 Å². The molecule has 8 rings (SSSR count). The van der Waals surface area contributed by atoms with Gasteiger partial charge in [-0.15, -0.1) is 93.9 Å². The minimum absolute atomic E-state index is 0. The molecule has 2 heterocycles. The number of halogens is 2. The van der Waals surface area contributed by atoms with Crippen molar-refractivity contribution in [3.63, 3.8) is 0 Å². The number of fused-ring (bicyclic) bond motifs is 4. The van der Waals surface area contributed by atoms with Crippen LogP contribution >= 0.6 is 24.8 Å². The number of rotatable bonds is 4. The topological polar surface area (TPSA) is 26.3 Å². The maximum atomic E-state index is 6.03. The first-order chi connectivity index (χ1) is 21.4. The van der Waals surface area contributed by atoms with E-state index >= 15 is 0 Å². The van der Waals surface area contributed by atoms with Gasteiger partial charge in [-0.25, -0.2) is 0 Å². The van der Waals surface area contributed by atoms with Crippen LogP contribution in [0.25, 0.3) is 66.1 Å². The fourth-order valence-corrected chi connectivity index (χ4v) is 5.84. The molecular formula is C42H42Cl2O2SiZr-4. The number of hydrogen-bond donors (Lipinski definition) is 0. The van der Waals surface area contributed by atoms with E-state index < -0.39 is 0 Å². The molecule has 6 heteroatoms. The first kappa shape index (κ1) is 41.0. The third kappa shape index (κ3) is 8.35. The Labute approximate surface area is 314 Å². The molecule has 48 heavy (non-hydrogen) atoms. The molecule has 0 amide bonds. The van der Waals surface area contributed by atoms with E-state index in [1.54, 1.807) is 0 Å². The van der Waals surface area contributed by atoms with Crippen LogP contribution in [0.3, 0.4) is 0 Å². The van der Waals surface area contributed by atoms with Gasteiger partial charge in [0.2, 0.25) is 0 Å². The summed E-state index contributed by atoms with van der Waals surface area (Å²) in [7, 11) is 0. The molecule has 0 saturated heterocycles. The summed E-state index contributed by atoms with van der Waals surface area (Å²) in [6, 6.07) is 42.6. The molecule has 0 aliphatic rings. The maximum absolute atomic E-state index is 6.03. The summed E-state index contributed by atoms with van der Waals surface area (Å²) in [5, 5.41) is 7.44. The van der Waals surface area contributed by atoms with Gasteiger partial charge in [-0.1, -0.05) is 76.2 Å². The fourth-order valence-electron chi connectivity index (χ4n) is 5.84. The summed E-state index contributed by atoms with van der Waals surface area (Å²) < 4.78 is 12.1. The third-order valence-electron chi connectivity index (χ3n) is 8.26. The average molecular weight is 769 g/mol. The summed E-state index contributed by atoms with van der Waals surface area (Å²) in [4.78, 5) is 0. The summed E-state index contributed by atoms with van der Waals surface area (Å²) in [6.45, 7) is 12.0. The van der Waals surface area contributed by atoms with Crippen molar-refractivity contribution in [2.24, 2.45) is 0 Å². The Morgan fingerprint density at radius 1 is 0.521 bits per heavy atom. The van der Waals surface area contributed by atoms with Gasteiger partial charge in [0.25, 0.3) is 0 Å². The van der Waals surface area contributed by atoms with Crippen LogP contribution in [0.15, 0.2) is 130 Å². The van der Waals surface area contributed by atoms with Gasteiger partial charge >= 0.3 is 30.2 Å². The molecule has 2 nitrogen and oxygen atoms in total. The van der Waals surface area contributed by atoms with E-state index in [-0.39, 0.29) is 39.7 Å². The SMILES string of the molecule is CC(C)c1cc2c(-c3cc4ccccc4o3)cccc2[cH-]1.CC(C)c1cc2c(-c3cc4ccccc4o3)cccc2[cH-]1.Cl.Cl.[CH3-].[CH3-].[Si]=[Zr]. The van der Waals surface area contributed by atoms with Crippen molar-refractivity contribution < 1.29 is 32.2 Å². The Balaban J connectivity index is 0.000000294. The van der Waals surface area contributed by atoms with Crippen molar-refractivity contribution in [2.75, 3.05) is 0 Å². The first-order valence-electron chi connectivity index (χ1n) is 15.1. The second-order valence-electron chi connectivity index (χ2n) is 11.8. The second-order valence-corrected chi connectivity index (χ2v) is 11.8. The monoisotopic (exact) mass is 766 g/mol. The van der Waals surface area contributed by atoms with Crippen LogP contribution < -0.4 is 0 Å². The Morgan fingerprint density at radius 2 is 0.896 bits per heavy atom. The van der Waals surface area contributed by atoms with Gasteiger partial charge in [0, 0.05) is 10.8 Å². The van der Waals surface area contributed by atoms with E-state index in [0.29, 0.717) is 11.8 Å². The van der Waals surface area contributed by atoms with E-state index in [9.17, 15) is 0 Å². The number of hydrogen-bond acceptors (Lipinski definition) is 2. The van der Waals surface area contributed by atoms with Crippen LogP contribution in [0.1, 0.15) is 50.7 Å². The molecular weight excluding hydrogens is 727 g/mol. The van der Waals surface area contributed by atoms with Crippen LogP contribution in [-0.4, -0.2) is 6.88 Å². The van der Waals surface area contributed by atoms with Gasteiger partial charge in [0.15, 0.2) is 0 Å². The molecule has 2 aromatic heterocycles. The molecule has 0 saturated carbocycles. The van der Waals surface area contributed by atoms with E-state index in [2.05, 4.69) is 120 Å². The molecule has 0 bridgehead atoms. The number of benzene rings is 4. The van der Waals surface area contributed by atoms with Crippen molar-refractivity contribution in [1.82, 2.24) is 0 Å². The molecule has 6 aromatic carbocycles. The van der Waals surface area contributed by atoms with E-state index in [4.69, 9.17) is 8.83 Å². The molecule has 0 aliphatic heterocycles. The van der Waals surface area contributed by atoms with Crippen molar-refractivity contribution in [3.8, 4) is 22.6 Å². The number of furan rings is 2. The van der Waals surface area contributed by atoms with Crippen LogP contribution in [0.5, 0.6) is 0 Å². The summed E-state index contributed by atoms with van der Waals surface area (Å²) in [5.74, 6) is 2.98. The minimum atomic E-state index is 0. The Bertz CT molecular complexity index is 1980. The second kappa shape index (κ2) is 18.0. The quantitative estimate of drug-likeness (QED) is 0.132. The van der Waals surface area contributed by atoms with Gasteiger partial charge in [-0.3, -0.25) is 0 Å². The summed E-state index contributed by atoms with van der Waals surface area (Å²) >= 11 is 1.36. The Morgan fingerprint density at radius 3 is 1.25 bits per heavy atom. The normalized spacial score (nSPS) is 10.4. The van der Waals surface area contributed by atoms with Crippen molar-refractivity contribution in [3.05, 3.63) is 147 Å². The predicted molar refractivity (Wildman–Crippen MR) is 211 cm³/mol. The molecule has 0 aliphatic carbocycles. The third-order valence-corrected chi connectivity index (χ3v) is 8.26. The fraction of sp³-hybridized carbons (Fsp3) is 0.143. The Hall–Kier alpha value is -3.14. The zero-order valence-electron chi connectivity index (χ0n) is 28.3. The van der Waals surface area contributed by atoms with Crippen molar-refractivity contribution in [2.45, 2.75) is 39.5 Å². The predicted octanol–water partition coefficient (Wildman–Crippen LogP) is 13.6. The summed E-state index contributed by atoms with van der Waals surface area (Å²) in [6.07, 6.45) is 0. The van der Waals surface area contributed by atoms with Crippen molar-refractivity contribution in [1.29, 1.82) is 0 Å². The van der Waals surface area contributed by atoms with Crippen LogP contribution in [-0.2, 0) is 23.3 Å². The summed E-state index contributed by atoms with van der Waals surface area (Å²) in [5.41, 5.74) is 7.01. The molecule has 8 aromatic rings. The molecule has 0 N–H and O–H groups in total. The Kier molecular flexibility index (Phi) is 15.4. The van der Waals surface area contributed by atoms with Gasteiger partial charge < -0.3 is 23.7 Å².